The minimum absolute atomic E-state index is 0.446. The van der Waals surface area contributed by atoms with Gasteiger partial charge in [0.2, 0.25) is 0 Å². The molecule has 0 N–H and O–H groups in total. The minimum atomic E-state index is 0.446. The van der Waals surface area contributed by atoms with Crippen LogP contribution in [0.2, 0.25) is 0 Å². The van der Waals surface area contributed by atoms with Crippen molar-refractivity contribution in [3.05, 3.63) is 71.8 Å². The highest BCUT2D eigenvalue weighted by molar-refractivity contribution is 5.21. The minimum Gasteiger partial charge on any atom is -0.279 e. The van der Waals surface area contributed by atoms with E-state index in [2.05, 4.69) is 98.2 Å². The summed E-state index contributed by atoms with van der Waals surface area (Å²) in [7, 11) is 0. The summed E-state index contributed by atoms with van der Waals surface area (Å²) in [4.78, 5) is 5.25. The molecule has 2 heteroatoms. The second-order valence-electron chi connectivity index (χ2n) is 6.82. The molecule has 4 atom stereocenters. The molecule has 1 fully saturated rings. The van der Waals surface area contributed by atoms with Crippen LogP contribution in [0.1, 0.15) is 50.9 Å². The molecule has 0 unspecified atom stereocenters. The summed E-state index contributed by atoms with van der Waals surface area (Å²) in [6.07, 6.45) is 0. The molecule has 23 heavy (non-hydrogen) atoms. The monoisotopic (exact) mass is 308 g/mol. The molecule has 0 saturated carbocycles. The third kappa shape index (κ3) is 3.19. The molecule has 1 saturated heterocycles. The Morgan fingerprint density at radius 3 is 1.39 bits per heavy atom. The summed E-state index contributed by atoms with van der Waals surface area (Å²) < 4.78 is 0. The van der Waals surface area contributed by atoms with Gasteiger partial charge in [0.15, 0.2) is 0 Å². The zero-order chi connectivity index (χ0) is 16.4. The fourth-order valence-corrected chi connectivity index (χ4v) is 3.80. The largest absolute Gasteiger partial charge is 0.279 e. The van der Waals surface area contributed by atoms with E-state index in [0.717, 1.165) is 6.67 Å². The molecular weight excluding hydrogens is 280 g/mol. The van der Waals surface area contributed by atoms with E-state index in [-0.39, 0.29) is 0 Å². The van der Waals surface area contributed by atoms with Crippen molar-refractivity contribution < 1.29 is 0 Å². The van der Waals surface area contributed by atoms with Gasteiger partial charge < -0.3 is 0 Å². The molecule has 122 valence electrons. The number of hydrogen-bond acceptors (Lipinski definition) is 2. The first-order valence-electron chi connectivity index (χ1n) is 8.71. The Bertz CT molecular complexity index is 555. The average molecular weight is 308 g/mol. The van der Waals surface area contributed by atoms with Crippen molar-refractivity contribution in [3.8, 4) is 0 Å². The molecule has 0 aliphatic carbocycles. The lowest BCUT2D eigenvalue weighted by Crippen LogP contribution is -2.34. The number of hydrogen-bond donors (Lipinski definition) is 0. The summed E-state index contributed by atoms with van der Waals surface area (Å²) in [6.45, 7) is 10.4. The molecule has 0 bridgehead atoms. The van der Waals surface area contributed by atoms with Gasteiger partial charge in [-0.25, -0.2) is 0 Å². The van der Waals surface area contributed by atoms with Crippen molar-refractivity contribution in [1.82, 2.24) is 9.80 Å². The third-order valence-corrected chi connectivity index (χ3v) is 5.63. The number of rotatable bonds is 4. The Morgan fingerprint density at radius 2 is 1.04 bits per heavy atom. The van der Waals surface area contributed by atoms with Gasteiger partial charge in [-0.05, 0) is 38.8 Å². The van der Waals surface area contributed by atoms with E-state index < -0.39 is 0 Å². The SMILES string of the molecule is C[C@@H]1[C@@H](C)N([C@@H](C)c2ccccc2)CN1[C@@H](C)c1ccccc1. The van der Waals surface area contributed by atoms with Crippen molar-refractivity contribution in [3.63, 3.8) is 0 Å². The lowest BCUT2D eigenvalue weighted by atomic mass is 10.0. The van der Waals surface area contributed by atoms with Crippen LogP contribution in [-0.2, 0) is 0 Å². The molecule has 1 aliphatic rings. The molecule has 2 aromatic carbocycles. The Labute approximate surface area is 140 Å². The summed E-state index contributed by atoms with van der Waals surface area (Å²) in [5, 5.41) is 0. The zero-order valence-electron chi connectivity index (χ0n) is 14.7. The van der Waals surface area contributed by atoms with Gasteiger partial charge in [0.1, 0.15) is 0 Å². The van der Waals surface area contributed by atoms with Crippen molar-refractivity contribution in [2.75, 3.05) is 6.67 Å². The maximum atomic E-state index is 2.62. The Kier molecular flexibility index (Phi) is 4.84. The average Bonchev–Trinajstić information content (AvgIpc) is 2.91. The molecule has 2 aromatic rings. The van der Waals surface area contributed by atoms with Crippen LogP contribution in [0.25, 0.3) is 0 Å². The predicted octanol–water partition coefficient (Wildman–Crippen LogP) is 4.86. The third-order valence-electron chi connectivity index (χ3n) is 5.63. The topological polar surface area (TPSA) is 6.48 Å². The van der Waals surface area contributed by atoms with Crippen LogP contribution in [0, 0.1) is 0 Å². The van der Waals surface area contributed by atoms with Crippen LogP contribution in [0.5, 0.6) is 0 Å². The van der Waals surface area contributed by atoms with Crippen LogP contribution in [0.4, 0.5) is 0 Å². The van der Waals surface area contributed by atoms with E-state index in [0.29, 0.717) is 24.2 Å². The highest BCUT2D eigenvalue weighted by atomic mass is 15.4. The molecule has 1 aliphatic heterocycles. The van der Waals surface area contributed by atoms with Gasteiger partial charge in [-0.1, -0.05) is 60.7 Å². The van der Waals surface area contributed by atoms with Gasteiger partial charge in [-0.2, -0.15) is 0 Å². The van der Waals surface area contributed by atoms with Gasteiger partial charge in [-0.15, -0.1) is 0 Å². The van der Waals surface area contributed by atoms with E-state index in [9.17, 15) is 0 Å². The van der Waals surface area contributed by atoms with E-state index in [4.69, 9.17) is 0 Å². The van der Waals surface area contributed by atoms with Gasteiger partial charge in [0, 0.05) is 24.2 Å². The van der Waals surface area contributed by atoms with Crippen LogP contribution in [0.3, 0.4) is 0 Å². The quantitative estimate of drug-likeness (QED) is 0.796. The molecule has 1 heterocycles. The lowest BCUT2D eigenvalue weighted by molar-refractivity contribution is 0.152. The second-order valence-corrected chi connectivity index (χ2v) is 6.82. The van der Waals surface area contributed by atoms with Crippen LogP contribution in [-0.4, -0.2) is 28.6 Å². The van der Waals surface area contributed by atoms with Gasteiger partial charge in [0.05, 0.1) is 6.67 Å². The predicted molar refractivity (Wildman–Crippen MR) is 97.2 cm³/mol. The van der Waals surface area contributed by atoms with Gasteiger partial charge >= 0.3 is 0 Å². The Hall–Kier alpha value is -1.64. The van der Waals surface area contributed by atoms with Crippen molar-refractivity contribution in [1.29, 1.82) is 0 Å². The second kappa shape index (κ2) is 6.86. The maximum Gasteiger partial charge on any atom is 0.0524 e. The molecule has 0 radical (unpaired) electrons. The summed E-state index contributed by atoms with van der Waals surface area (Å²) >= 11 is 0. The van der Waals surface area contributed by atoms with E-state index in [1.54, 1.807) is 0 Å². The number of nitrogens with zero attached hydrogens (tertiary/aromatic N) is 2. The fraction of sp³-hybridized carbons (Fsp3) is 0.429. The van der Waals surface area contributed by atoms with Crippen molar-refractivity contribution >= 4 is 0 Å². The normalized spacial score (nSPS) is 25.4. The highest BCUT2D eigenvalue weighted by Gasteiger charge is 2.39. The summed E-state index contributed by atoms with van der Waals surface area (Å²) in [5.41, 5.74) is 2.81. The van der Waals surface area contributed by atoms with E-state index in [1.165, 1.54) is 11.1 Å². The molecule has 3 rings (SSSR count). The molecule has 0 spiro atoms. The zero-order valence-corrected chi connectivity index (χ0v) is 14.7. The fourth-order valence-electron chi connectivity index (χ4n) is 3.80. The standard InChI is InChI=1S/C21H28N2/c1-16-17(2)23(19(4)21-13-9-6-10-14-21)15-22(16)18(3)20-11-7-5-8-12-20/h5-14,16-19H,15H2,1-4H3/t16-,17-,18+,19+/m1/s1. The summed E-state index contributed by atoms with van der Waals surface area (Å²) in [6, 6.07) is 23.7. The first-order chi connectivity index (χ1) is 11.1. The first-order valence-corrected chi connectivity index (χ1v) is 8.71. The van der Waals surface area contributed by atoms with Crippen molar-refractivity contribution in [2.45, 2.75) is 51.9 Å². The lowest BCUT2D eigenvalue weighted by Gasteiger charge is -2.29. The van der Waals surface area contributed by atoms with Crippen LogP contribution < -0.4 is 0 Å². The van der Waals surface area contributed by atoms with Gasteiger partial charge in [-0.3, -0.25) is 9.80 Å². The van der Waals surface area contributed by atoms with E-state index >= 15 is 0 Å². The summed E-state index contributed by atoms with van der Waals surface area (Å²) in [5.74, 6) is 0. The van der Waals surface area contributed by atoms with Crippen LogP contribution >= 0.6 is 0 Å². The molecule has 2 nitrogen and oxygen atoms in total. The first kappa shape index (κ1) is 16.2. The van der Waals surface area contributed by atoms with E-state index in [1.807, 2.05) is 0 Å². The molecular formula is C21H28N2. The van der Waals surface area contributed by atoms with Crippen LogP contribution in [0.15, 0.2) is 60.7 Å². The van der Waals surface area contributed by atoms with Gasteiger partial charge in [0.25, 0.3) is 0 Å². The Balaban J connectivity index is 1.78. The maximum absolute atomic E-state index is 2.62. The number of benzene rings is 2. The smallest absolute Gasteiger partial charge is 0.0524 e. The van der Waals surface area contributed by atoms with Crippen molar-refractivity contribution in [2.24, 2.45) is 0 Å². The molecule has 0 aromatic heterocycles. The highest BCUT2D eigenvalue weighted by Crippen LogP contribution is 2.35. The molecule has 0 amide bonds. The Morgan fingerprint density at radius 1 is 0.696 bits per heavy atom.